The number of aliphatic imine (C=N–C) groups is 1. The Hall–Kier alpha value is -2.21. The van der Waals surface area contributed by atoms with Crippen molar-refractivity contribution in [1.82, 2.24) is 5.32 Å². The first-order valence-corrected chi connectivity index (χ1v) is 8.56. The van der Waals surface area contributed by atoms with Crippen LogP contribution in [0.3, 0.4) is 0 Å². The summed E-state index contributed by atoms with van der Waals surface area (Å²) in [7, 11) is 1.26. The van der Waals surface area contributed by atoms with Gasteiger partial charge in [0.15, 0.2) is 5.76 Å². The van der Waals surface area contributed by atoms with E-state index in [-0.39, 0.29) is 12.4 Å². The highest BCUT2D eigenvalue weighted by molar-refractivity contribution is 6.31. The zero-order chi connectivity index (χ0) is 18.7. The van der Waals surface area contributed by atoms with Crippen molar-refractivity contribution in [1.29, 1.82) is 0 Å². The van der Waals surface area contributed by atoms with Crippen LogP contribution in [0.5, 0.6) is 0 Å². The Kier molecular flexibility index (Phi) is 7.13. The van der Waals surface area contributed by atoms with E-state index in [1.807, 2.05) is 24.3 Å². The van der Waals surface area contributed by atoms with E-state index in [1.54, 1.807) is 31.2 Å². The number of benzene rings is 2. The maximum atomic E-state index is 11.7. The van der Waals surface area contributed by atoms with E-state index >= 15 is 0 Å². The highest BCUT2D eigenvalue weighted by Crippen LogP contribution is 2.33. The molecule has 1 N–H and O–H groups in total. The molecule has 2 aromatic rings. The van der Waals surface area contributed by atoms with Crippen molar-refractivity contribution >= 4 is 47.6 Å². The van der Waals surface area contributed by atoms with Crippen LogP contribution in [0.4, 0.5) is 4.79 Å². The van der Waals surface area contributed by atoms with E-state index in [0.29, 0.717) is 27.3 Å². The van der Waals surface area contributed by atoms with Crippen molar-refractivity contribution in [3.8, 4) is 0 Å². The highest BCUT2D eigenvalue weighted by Gasteiger charge is 2.28. The summed E-state index contributed by atoms with van der Waals surface area (Å²) in [5.74, 6) is 0.998. The Labute approximate surface area is 173 Å². The molecule has 27 heavy (non-hydrogen) atoms. The molecular weight excluding hydrogens is 411 g/mol. The van der Waals surface area contributed by atoms with Gasteiger partial charge < -0.3 is 14.8 Å². The lowest BCUT2D eigenvalue weighted by molar-refractivity contribution is 0.0913. The number of amidine groups is 1. The number of nitrogens with zero attached hydrogens (tertiary/aromatic N) is 1. The van der Waals surface area contributed by atoms with Crippen LogP contribution in [0.25, 0.3) is 0 Å². The van der Waals surface area contributed by atoms with Crippen molar-refractivity contribution < 1.29 is 14.3 Å². The number of rotatable bonds is 3. The fourth-order valence-electron chi connectivity index (χ4n) is 2.59. The second-order valence-corrected chi connectivity index (χ2v) is 6.49. The largest absolute Gasteiger partial charge is 0.513 e. The fourth-order valence-corrected chi connectivity index (χ4v) is 2.91. The monoisotopic (exact) mass is 426 g/mol. The lowest BCUT2D eigenvalue weighted by Gasteiger charge is -2.26. The predicted molar refractivity (Wildman–Crippen MR) is 109 cm³/mol. The Morgan fingerprint density at radius 3 is 2.44 bits per heavy atom. The molecule has 1 aliphatic rings. The third-order valence-corrected chi connectivity index (χ3v) is 4.31. The summed E-state index contributed by atoms with van der Waals surface area (Å²) in [5.41, 5.74) is 2.31. The van der Waals surface area contributed by atoms with Gasteiger partial charge in [-0.3, -0.25) is 4.99 Å². The number of nitrogens with one attached hydrogen (secondary N) is 1. The molecule has 0 aromatic heterocycles. The standard InChI is InChI=1S/C19H16Cl2N2O3.ClH/c1-11-17(26-19(24)25-2)16(13-4-3-5-15(21)10-13)23-18(22-11)12-6-8-14(20)9-7-12;/h3-10,16H,1-2H3,(H,22,23);1H. The summed E-state index contributed by atoms with van der Waals surface area (Å²) < 4.78 is 9.97. The van der Waals surface area contributed by atoms with Gasteiger partial charge in [-0.15, -0.1) is 12.4 Å². The summed E-state index contributed by atoms with van der Waals surface area (Å²) in [6.07, 6.45) is -0.807. The van der Waals surface area contributed by atoms with Crippen LogP contribution in [-0.4, -0.2) is 19.1 Å². The van der Waals surface area contributed by atoms with Crippen LogP contribution in [0.15, 0.2) is 65.0 Å². The zero-order valence-corrected chi connectivity index (χ0v) is 16.9. The molecule has 0 bridgehead atoms. The topological polar surface area (TPSA) is 59.9 Å². The normalized spacial score (nSPS) is 16.0. The number of ether oxygens (including phenoxy) is 2. The first-order chi connectivity index (χ1) is 12.5. The number of allylic oxidation sites excluding steroid dienone is 1. The van der Waals surface area contributed by atoms with Gasteiger partial charge in [0, 0.05) is 15.6 Å². The van der Waals surface area contributed by atoms with Crippen molar-refractivity contribution in [3.63, 3.8) is 0 Å². The third-order valence-electron chi connectivity index (χ3n) is 3.82. The van der Waals surface area contributed by atoms with Gasteiger partial charge >= 0.3 is 6.16 Å². The molecular formula is C19H17Cl3N2O3. The zero-order valence-electron chi connectivity index (χ0n) is 14.5. The van der Waals surface area contributed by atoms with Gasteiger partial charge in [0.2, 0.25) is 0 Å². The van der Waals surface area contributed by atoms with E-state index in [1.165, 1.54) is 7.11 Å². The molecule has 5 nitrogen and oxygen atoms in total. The average molecular weight is 428 g/mol. The maximum Gasteiger partial charge on any atom is 0.513 e. The van der Waals surface area contributed by atoms with Gasteiger partial charge in [-0.05, 0) is 48.9 Å². The summed E-state index contributed by atoms with van der Waals surface area (Å²) in [6, 6.07) is 14.0. The number of carbonyl (C=O) groups is 1. The number of methoxy groups -OCH3 is 1. The lowest BCUT2D eigenvalue weighted by atomic mass is 10.0. The van der Waals surface area contributed by atoms with Crippen molar-refractivity contribution in [2.45, 2.75) is 13.0 Å². The second-order valence-electron chi connectivity index (χ2n) is 5.61. The minimum absolute atomic E-state index is 0. The first kappa shape index (κ1) is 21.1. The molecule has 0 amide bonds. The summed E-state index contributed by atoms with van der Waals surface area (Å²) >= 11 is 12.1. The quantitative estimate of drug-likeness (QED) is 0.655. The lowest BCUT2D eigenvalue weighted by Crippen LogP contribution is -2.31. The second kappa shape index (κ2) is 9.13. The Morgan fingerprint density at radius 1 is 1.11 bits per heavy atom. The van der Waals surface area contributed by atoms with Crippen molar-refractivity contribution in [2.75, 3.05) is 7.11 Å². The molecule has 2 aromatic carbocycles. The Bertz CT molecular complexity index is 895. The molecule has 0 saturated heterocycles. The van der Waals surface area contributed by atoms with Crippen LogP contribution in [0, 0.1) is 0 Å². The number of hydrogen-bond donors (Lipinski definition) is 1. The Morgan fingerprint density at radius 2 is 1.81 bits per heavy atom. The fraction of sp³-hybridized carbons (Fsp3) is 0.158. The molecule has 1 unspecified atom stereocenters. The number of halogens is 3. The average Bonchev–Trinajstić information content (AvgIpc) is 2.63. The summed E-state index contributed by atoms with van der Waals surface area (Å²) in [4.78, 5) is 16.4. The van der Waals surface area contributed by atoms with Crippen molar-refractivity contribution in [2.24, 2.45) is 4.99 Å². The third kappa shape index (κ3) is 4.95. The minimum atomic E-state index is -0.807. The first-order valence-electron chi connectivity index (χ1n) is 7.80. The van der Waals surface area contributed by atoms with Gasteiger partial charge in [0.25, 0.3) is 0 Å². The molecule has 3 rings (SSSR count). The number of hydrogen-bond acceptors (Lipinski definition) is 5. The van der Waals surface area contributed by atoms with Crippen LogP contribution in [0.2, 0.25) is 10.0 Å². The van der Waals surface area contributed by atoms with E-state index in [9.17, 15) is 4.79 Å². The SMILES string of the molecule is COC(=O)OC1=C(C)NC(c2ccc(Cl)cc2)=NC1c1cccc(Cl)c1.Cl. The molecule has 142 valence electrons. The highest BCUT2D eigenvalue weighted by atomic mass is 35.5. The van der Waals surface area contributed by atoms with Crippen LogP contribution in [0.1, 0.15) is 24.1 Å². The van der Waals surface area contributed by atoms with Gasteiger partial charge in [-0.25, -0.2) is 4.79 Å². The molecule has 8 heteroatoms. The molecule has 1 heterocycles. The summed E-state index contributed by atoms with van der Waals surface area (Å²) in [5, 5.41) is 4.37. The molecule has 1 aliphatic heterocycles. The van der Waals surface area contributed by atoms with Crippen LogP contribution >= 0.6 is 35.6 Å². The molecule has 0 aliphatic carbocycles. The minimum Gasteiger partial charge on any atom is -0.437 e. The van der Waals surface area contributed by atoms with Gasteiger partial charge in [-0.1, -0.05) is 35.3 Å². The molecule has 0 radical (unpaired) electrons. The van der Waals surface area contributed by atoms with Gasteiger partial charge in [0.05, 0.1) is 12.8 Å². The summed E-state index contributed by atoms with van der Waals surface area (Å²) in [6.45, 7) is 1.81. The van der Waals surface area contributed by atoms with Gasteiger partial charge in [0.1, 0.15) is 11.9 Å². The van der Waals surface area contributed by atoms with Crippen molar-refractivity contribution in [3.05, 3.63) is 81.2 Å². The van der Waals surface area contributed by atoms with Crippen LogP contribution in [-0.2, 0) is 9.47 Å². The van der Waals surface area contributed by atoms with Gasteiger partial charge in [-0.2, -0.15) is 0 Å². The van der Waals surface area contributed by atoms with E-state index in [4.69, 9.17) is 32.9 Å². The van der Waals surface area contributed by atoms with E-state index in [0.717, 1.165) is 11.1 Å². The van der Waals surface area contributed by atoms with Crippen LogP contribution < -0.4 is 5.32 Å². The smallest absolute Gasteiger partial charge is 0.437 e. The Balaban J connectivity index is 0.00000261. The van der Waals surface area contributed by atoms with E-state index < -0.39 is 12.2 Å². The van der Waals surface area contributed by atoms with E-state index in [2.05, 4.69) is 10.1 Å². The molecule has 0 fully saturated rings. The molecule has 0 spiro atoms. The predicted octanol–water partition coefficient (Wildman–Crippen LogP) is 5.52. The molecule has 1 atom stereocenters. The number of carbonyl (C=O) groups excluding carboxylic acids is 1. The maximum absolute atomic E-state index is 11.7. The molecule has 0 saturated carbocycles.